The zero-order valence-corrected chi connectivity index (χ0v) is 19.3. The van der Waals surface area contributed by atoms with Crippen LogP contribution in [0.1, 0.15) is 35.5 Å². The molecule has 1 aromatic carbocycles. The van der Waals surface area contributed by atoms with Gasteiger partial charge in [0.2, 0.25) is 0 Å². The summed E-state index contributed by atoms with van der Waals surface area (Å²) in [6, 6.07) is 3.75. The Bertz CT molecular complexity index is 1260. The van der Waals surface area contributed by atoms with Crippen LogP contribution in [0.15, 0.2) is 24.3 Å². The van der Waals surface area contributed by atoms with E-state index in [1.807, 2.05) is 0 Å². The number of aromatic nitrogens is 3. The molecule has 0 bridgehead atoms. The average Bonchev–Trinajstić information content (AvgIpc) is 2.85. The molecular formula is C23H23F6N5O2. The fourth-order valence-corrected chi connectivity index (χ4v) is 4.08. The SMILES string of the molecule is Cc1nnc(N[C@H](C)c2cccc(C(F)(F)CO)c2F)c2cc(N3CCOCC3)c(C(F)(F)F)nc12. The van der Waals surface area contributed by atoms with E-state index in [1.54, 1.807) is 0 Å². The lowest BCUT2D eigenvalue weighted by Crippen LogP contribution is -2.37. The molecule has 3 heterocycles. The number of anilines is 2. The van der Waals surface area contributed by atoms with Crippen LogP contribution < -0.4 is 10.2 Å². The fraction of sp³-hybridized carbons (Fsp3) is 0.435. The van der Waals surface area contributed by atoms with E-state index >= 15 is 0 Å². The number of halogens is 6. The zero-order chi connectivity index (χ0) is 26.3. The summed E-state index contributed by atoms with van der Waals surface area (Å²) >= 11 is 0. The first kappa shape index (κ1) is 25.9. The standard InChI is InChI=1S/C23H23F6N5O2/c1-12(14-4-3-5-16(18(14)24)22(25,26)11-35)30-21-15-10-17(34-6-8-36-9-7-34)20(23(27,28)29)31-19(15)13(2)32-33-21/h3-5,10,12,35H,6-9,11H2,1-2H3,(H,30,33)/t12-/m1/s1. The predicted molar refractivity (Wildman–Crippen MR) is 120 cm³/mol. The smallest absolute Gasteiger partial charge is 0.390 e. The van der Waals surface area contributed by atoms with Crippen molar-refractivity contribution in [3.8, 4) is 0 Å². The van der Waals surface area contributed by atoms with Gasteiger partial charge in [-0.3, -0.25) is 0 Å². The number of nitrogens with one attached hydrogen (secondary N) is 1. The number of aliphatic hydroxyl groups is 1. The molecule has 4 rings (SSSR count). The van der Waals surface area contributed by atoms with Crippen LogP contribution in [0.5, 0.6) is 0 Å². The maximum atomic E-state index is 15.0. The van der Waals surface area contributed by atoms with E-state index in [0.29, 0.717) is 0 Å². The van der Waals surface area contributed by atoms with Gasteiger partial charge in [0, 0.05) is 24.0 Å². The van der Waals surface area contributed by atoms with Crippen LogP contribution >= 0.6 is 0 Å². The minimum absolute atomic E-state index is 0.0116. The topological polar surface area (TPSA) is 83.4 Å². The third-order valence-corrected chi connectivity index (χ3v) is 5.96. The van der Waals surface area contributed by atoms with Crippen molar-refractivity contribution in [3.05, 3.63) is 52.6 Å². The highest BCUT2D eigenvalue weighted by Crippen LogP contribution is 2.40. The van der Waals surface area contributed by atoms with Gasteiger partial charge in [-0.05, 0) is 26.0 Å². The summed E-state index contributed by atoms with van der Waals surface area (Å²) in [6.07, 6.45) is -4.74. The highest BCUT2D eigenvalue weighted by molar-refractivity contribution is 5.93. The van der Waals surface area contributed by atoms with Gasteiger partial charge < -0.3 is 20.1 Å². The van der Waals surface area contributed by atoms with E-state index in [0.717, 1.165) is 6.07 Å². The number of hydrogen-bond acceptors (Lipinski definition) is 7. The molecule has 0 spiro atoms. The van der Waals surface area contributed by atoms with Crippen molar-refractivity contribution < 1.29 is 36.2 Å². The normalized spacial score (nSPS) is 15.9. The first-order valence-electron chi connectivity index (χ1n) is 11.1. The Morgan fingerprint density at radius 3 is 2.47 bits per heavy atom. The van der Waals surface area contributed by atoms with Gasteiger partial charge in [-0.25, -0.2) is 9.37 Å². The molecule has 0 unspecified atom stereocenters. The molecule has 0 amide bonds. The van der Waals surface area contributed by atoms with E-state index < -0.39 is 41.8 Å². The van der Waals surface area contributed by atoms with Crippen LogP contribution in [-0.4, -0.2) is 53.2 Å². The number of morpholine rings is 1. The van der Waals surface area contributed by atoms with Crippen molar-refractivity contribution in [1.29, 1.82) is 0 Å². The first-order valence-corrected chi connectivity index (χ1v) is 11.1. The molecule has 1 aliphatic rings. The number of hydrogen-bond donors (Lipinski definition) is 2. The highest BCUT2D eigenvalue weighted by atomic mass is 19.4. The Morgan fingerprint density at radius 2 is 1.83 bits per heavy atom. The molecule has 0 saturated carbocycles. The Labute approximate surface area is 202 Å². The van der Waals surface area contributed by atoms with Gasteiger partial charge in [-0.15, -0.1) is 5.10 Å². The van der Waals surface area contributed by atoms with Crippen LogP contribution in [0.25, 0.3) is 10.9 Å². The van der Waals surface area contributed by atoms with Crippen LogP contribution in [0.3, 0.4) is 0 Å². The number of aliphatic hydroxyl groups excluding tert-OH is 1. The number of fused-ring (bicyclic) bond motifs is 1. The second-order valence-electron chi connectivity index (χ2n) is 8.42. The number of alkyl halides is 5. The summed E-state index contributed by atoms with van der Waals surface area (Å²) < 4.78 is 89.9. The minimum atomic E-state index is -4.74. The van der Waals surface area contributed by atoms with Gasteiger partial charge in [-0.1, -0.05) is 12.1 Å². The number of pyridine rings is 1. The van der Waals surface area contributed by atoms with Gasteiger partial charge in [0.05, 0.1) is 41.7 Å². The molecule has 7 nitrogen and oxygen atoms in total. The third kappa shape index (κ3) is 4.89. The third-order valence-electron chi connectivity index (χ3n) is 5.96. The summed E-state index contributed by atoms with van der Waals surface area (Å²) in [5.41, 5.74) is -2.25. The van der Waals surface area contributed by atoms with Crippen molar-refractivity contribution in [3.63, 3.8) is 0 Å². The van der Waals surface area contributed by atoms with Crippen molar-refractivity contribution in [2.45, 2.75) is 32.0 Å². The fourth-order valence-electron chi connectivity index (χ4n) is 4.08. The lowest BCUT2D eigenvalue weighted by molar-refractivity contribution is -0.140. The van der Waals surface area contributed by atoms with Crippen molar-refractivity contribution in [2.75, 3.05) is 43.1 Å². The van der Waals surface area contributed by atoms with Gasteiger partial charge in [0.25, 0.3) is 5.92 Å². The maximum absolute atomic E-state index is 15.0. The van der Waals surface area contributed by atoms with E-state index in [-0.39, 0.29) is 60.0 Å². The van der Waals surface area contributed by atoms with E-state index in [4.69, 9.17) is 9.84 Å². The van der Waals surface area contributed by atoms with Crippen LogP contribution in [0.4, 0.5) is 37.8 Å². The highest BCUT2D eigenvalue weighted by Gasteiger charge is 2.38. The molecule has 1 saturated heterocycles. The summed E-state index contributed by atoms with van der Waals surface area (Å²) in [6.45, 7) is 2.32. The number of aryl methyl sites for hydroxylation is 1. The molecule has 2 aromatic heterocycles. The lowest BCUT2D eigenvalue weighted by atomic mass is 10.00. The predicted octanol–water partition coefficient (Wildman–Crippen LogP) is 4.58. The number of ether oxygens (including phenoxy) is 1. The first-order chi connectivity index (χ1) is 16.9. The van der Waals surface area contributed by atoms with Crippen LogP contribution in [0, 0.1) is 12.7 Å². The molecule has 194 valence electrons. The van der Waals surface area contributed by atoms with Gasteiger partial charge in [0.15, 0.2) is 11.5 Å². The van der Waals surface area contributed by atoms with Gasteiger partial charge >= 0.3 is 6.18 Å². The van der Waals surface area contributed by atoms with Crippen LogP contribution in [0.2, 0.25) is 0 Å². The average molecular weight is 515 g/mol. The Balaban J connectivity index is 1.80. The van der Waals surface area contributed by atoms with Crippen molar-refractivity contribution in [1.82, 2.24) is 15.2 Å². The zero-order valence-electron chi connectivity index (χ0n) is 19.3. The van der Waals surface area contributed by atoms with Gasteiger partial charge in [0.1, 0.15) is 12.4 Å². The Morgan fingerprint density at radius 1 is 1.14 bits per heavy atom. The molecule has 13 heteroatoms. The lowest BCUT2D eigenvalue weighted by Gasteiger charge is -2.31. The molecule has 1 aliphatic heterocycles. The Hall–Kier alpha value is -3.19. The summed E-state index contributed by atoms with van der Waals surface area (Å²) in [7, 11) is 0. The molecule has 1 atom stereocenters. The molecule has 1 fully saturated rings. The van der Waals surface area contributed by atoms with Gasteiger partial charge in [-0.2, -0.15) is 27.1 Å². The number of benzene rings is 1. The van der Waals surface area contributed by atoms with E-state index in [2.05, 4.69) is 20.5 Å². The summed E-state index contributed by atoms with van der Waals surface area (Å²) in [5.74, 6) is -4.99. The molecule has 0 aliphatic carbocycles. The number of nitrogens with zero attached hydrogens (tertiary/aromatic N) is 4. The summed E-state index contributed by atoms with van der Waals surface area (Å²) in [4.78, 5) is 5.40. The summed E-state index contributed by atoms with van der Waals surface area (Å²) in [5, 5.41) is 19.9. The molecule has 36 heavy (non-hydrogen) atoms. The van der Waals surface area contributed by atoms with E-state index in [1.165, 1.54) is 36.9 Å². The molecule has 0 radical (unpaired) electrons. The van der Waals surface area contributed by atoms with Crippen LogP contribution in [-0.2, 0) is 16.8 Å². The minimum Gasteiger partial charge on any atom is -0.390 e. The quantitative estimate of drug-likeness (QED) is 0.465. The second-order valence-corrected chi connectivity index (χ2v) is 8.42. The molecule has 3 aromatic rings. The monoisotopic (exact) mass is 515 g/mol. The van der Waals surface area contributed by atoms with E-state index in [9.17, 15) is 26.3 Å². The van der Waals surface area contributed by atoms with Crippen molar-refractivity contribution in [2.24, 2.45) is 0 Å². The number of rotatable bonds is 6. The molecular weight excluding hydrogens is 492 g/mol. The Kier molecular flexibility index (Phi) is 6.97. The maximum Gasteiger partial charge on any atom is 0.435 e. The van der Waals surface area contributed by atoms with Crippen molar-refractivity contribution >= 4 is 22.4 Å². The second kappa shape index (κ2) is 9.69. The largest absolute Gasteiger partial charge is 0.435 e. The molecule has 2 N–H and O–H groups in total.